The van der Waals surface area contributed by atoms with Crippen LogP contribution in [0, 0.1) is 0 Å². The lowest BCUT2D eigenvalue weighted by atomic mass is 10.3. The lowest BCUT2D eigenvalue weighted by Gasteiger charge is -2.11. The summed E-state index contributed by atoms with van der Waals surface area (Å²) in [5, 5.41) is 6.37. The third-order valence-corrected chi connectivity index (χ3v) is 3.34. The molecule has 0 fully saturated rings. The van der Waals surface area contributed by atoms with Crippen LogP contribution in [0.25, 0.3) is 0 Å². The van der Waals surface area contributed by atoms with Crippen molar-refractivity contribution in [3.63, 3.8) is 0 Å². The van der Waals surface area contributed by atoms with Gasteiger partial charge in [-0.25, -0.2) is 4.98 Å². The number of hydrogen-bond donors (Lipinski definition) is 2. The third kappa shape index (κ3) is 6.31. The Hall–Kier alpha value is -2.80. The number of nitrogens with zero attached hydrogens (tertiary/aromatic N) is 2. The summed E-state index contributed by atoms with van der Waals surface area (Å²) in [7, 11) is 5.02. The van der Waals surface area contributed by atoms with Crippen molar-refractivity contribution in [2.24, 2.45) is 4.99 Å². The Morgan fingerprint density at radius 2 is 1.96 bits per heavy atom. The molecule has 2 N–H and O–H groups in total. The Morgan fingerprint density at radius 3 is 2.64 bits per heavy atom. The molecular formula is C18H24N4O3. The maximum absolute atomic E-state index is 5.73. The van der Waals surface area contributed by atoms with E-state index in [9.17, 15) is 0 Å². The first-order valence-corrected chi connectivity index (χ1v) is 7.95. The Morgan fingerprint density at radius 1 is 1.12 bits per heavy atom. The normalized spacial score (nSPS) is 11.1. The molecule has 0 saturated carbocycles. The fourth-order valence-electron chi connectivity index (χ4n) is 2.04. The standard InChI is InChI=1S/C18H24N4O3/c1-19-18(20-9-10-23-2)22-13-14-7-8-17(21-12-14)25-16-6-4-5-15(11-16)24-3/h4-8,11-12H,9-10,13H2,1-3H3,(H2,19,20,22). The van der Waals surface area contributed by atoms with Crippen LogP contribution in [0.4, 0.5) is 0 Å². The van der Waals surface area contributed by atoms with E-state index >= 15 is 0 Å². The van der Waals surface area contributed by atoms with Crippen molar-refractivity contribution in [3.05, 3.63) is 48.2 Å². The Labute approximate surface area is 148 Å². The van der Waals surface area contributed by atoms with Crippen molar-refractivity contribution < 1.29 is 14.2 Å². The lowest BCUT2D eigenvalue weighted by molar-refractivity contribution is 0.203. The van der Waals surface area contributed by atoms with E-state index in [2.05, 4.69) is 20.6 Å². The molecule has 0 radical (unpaired) electrons. The number of nitrogens with one attached hydrogen (secondary N) is 2. The molecule has 0 bridgehead atoms. The van der Waals surface area contributed by atoms with Crippen molar-refractivity contribution in [3.8, 4) is 17.4 Å². The van der Waals surface area contributed by atoms with Crippen LogP contribution in [0.1, 0.15) is 5.56 Å². The van der Waals surface area contributed by atoms with Gasteiger partial charge in [0.05, 0.1) is 13.7 Å². The number of aromatic nitrogens is 1. The lowest BCUT2D eigenvalue weighted by Crippen LogP contribution is -2.38. The molecule has 0 aliphatic rings. The van der Waals surface area contributed by atoms with Crippen LogP contribution in [-0.4, -0.2) is 45.4 Å². The molecule has 1 aromatic heterocycles. The molecule has 0 amide bonds. The van der Waals surface area contributed by atoms with Crippen LogP contribution < -0.4 is 20.1 Å². The SMILES string of the molecule is CN=C(NCCOC)NCc1ccc(Oc2cccc(OC)c2)nc1. The largest absolute Gasteiger partial charge is 0.497 e. The predicted molar refractivity (Wildman–Crippen MR) is 97.4 cm³/mol. The molecule has 0 spiro atoms. The Balaban J connectivity index is 1.86. The summed E-state index contributed by atoms with van der Waals surface area (Å²) < 4.78 is 15.9. The van der Waals surface area contributed by atoms with Gasteiger partial charge in [0.25, 0.3) is 0 Å². The summed E-state index contributed by atoms with van der Waals surface area (Å²) >= 11 is 0. The molecule has 2 aromatic rings. The molecule has 2 rings (SSSR count). The molecule has 0 aliphatic heterocycles. The van der Waals surface area contributed by atoms with Crippen molar-refractivity contribution in [2.75, 3.05) is 34.4 Å². The summed E-state index contributed by atoms with van der Waals surface area (Å²) in [4.78, 5) is 8.47. The first kappa shape index (κ1) is 18.5. The molecule has 7 nitrogen and oxygen atoms in total. The predicted octanol–water partition coefficient (Wildman–Crippen LogP) is 2.19. The smallest absolute Gasteiger partial charge is 0.219 e. The summed E-state index contributed by atoms with van der Waals surface area (Å²) in [5.41, 5.74) is 1.02. The summed E-state index contributed by atoms with van der Waals surface area (Å²) in [6.07, 6.45) is 1.77. The number of methoxy groups -OCH3 is 2. The van der Waals surface area contributed by atoms with E-state index in [1.54, 1.807) is 27.5 Å². The zero-order valence-corrected chi connectivity index (χ0v) is 14.8. The van der Waals surface area contributed by atoms with Crippen molar-refractivity contribution >= 4 is 5.96 Å². The number of pyridine rings is 1. The molecule has 0 aliphatic carbocycles. The van der Waals surface area contributed by atoms with E-state index in [1.165, 1.54) is 0 Å². The molecular weight excluding hydrogens is 320 g/mol. The summed E-state index contributed by atoms with van der Waals surface area (Å²) in [6, 6.07) is 11.2. The molecule has 7 heteroatoms. The van der Waals surface area contributed by atoms with Gasteiger partial charge in [0.2, 0.25) is 5.88 Å². The van der Waals surface area contributed by atoms with E-state index in [4.69, 9.17) is 14.2 Å². The van der Waals surface area contributed by atoms with Gasteiger partial charge < -0.3 is 24.8 Å². The number of hydrogen-bond acceptors (Lipinski definition) is 5. The van der Waals surface area contributed by atoms with Crippen molar-refractivity contribution in [1.82, 2.24) is 15.6 Å². The van der Waals surface area contributed by atoms with E-state index in [0.29, 0.717) is 37.3 Å². The van der Waals surface area contributed by atoms with Gasteiger partial charge in [0.15, 0.2) is 5.96 Å². The molecule has 0 atom stereocenters. The zero-order valence-electron chi connectivity index (χ0n) is 14.8. The van der Waals surface area contributed by atoms with Gasteiger partial charge in [-0.1, -0.05) is 12.1 Å². The highest BCUT2D eigenvalue weighted by Gasteiger charge is 2.02. The number of benzene rings is 1. The summed E-state index contributed by atoms with van der Waals surface area (Å²) in [6.45, 7) is 1.93. The fraction of sp³-hybridized carbons (Fsp3) is 0.333. The van der Waals surface area contributed by atoms with Gasteiger partial charge in [-0.3, -0.25) is 4.99 Å². The minimum Gasteiger partial charge on any atom is -0.497 e. The first-order valence-electron chi connectivity index (χ1n) is 7.95. The van der Waals surface area contributed by atoms with Gasteiger partial charge in [0, 0.05) is 45.6 Å². The molecule has 0 saturated heterocycles. The number of rotatable bonds is 8. The van der Waals surface area contributed by atoms with Gasteiger partial charge in [-0.05, 0) is 17.7 Å². The minimum atomic E-state index is 0.527. The highest BCUT2D eigenvalue weighted by molar-refractivity contribution is 5.79. The monoisotopic (exact) mass is 344 g/mol. The second-order valence-electron chi connectivity index (χ2n) is 5.13. The molecule has 134 valence electrons. The number of guanidine groups is 1. The average Bonchev–Trinajstić information content (AvgIpc) is 2.66. The first-order chi connectivity index (χ1) is 12.2. The molecule has 1 heterocycles. The summed E-state index contributed by atoms with van der Waals surface area (Å²) in [5.74, 6) is 2.67. The van der Waals surface area contributed by atoms with Gasteiger partial charge in [-0.15, -0.1) is 0 Å². The quantitative estimate of drug-likeness (QED) is 0.434. The molecule has 1 aromatic carbocycles. The second kappa shape index (κ2) is 10.1. The Bertz CT molecular complexity index is 674. The highest BCUT2D eigenvalue weighted by Crippen LogP contribution is 2.23. The fourth-order valence-corrected chi connectivity index (χ4v) is 2.04. The van der Waals surface area contributed by atoms with Gasteiger partial charge in [0.1, 0.15) is 11.5 Å². The van der Waals surface area contributed by atoms with Crippen LogP contribution >= 0.6 is 0 Å². The van der Waals surface area contributed by atoms with Crippen LogP contribution in [0.2, 0.25) is 0 Å². The van der Waals surface area contributed by atoms with Gasteiger partial charge >= 0.3 is 0 Å². The maximum Gasteiger partial charge on any atom is 0.219 e. The number of aliphatic imine (C=N–C) groups is 1. The minimum absolute atomic E-state index is 0.527. The van der Waals surface area contributed by atoms with E-state index < -0.39 is 0 Å². The van der Waals surface area contributed by atoms with E-state index in [0.717, 1.165) is 11.3 Å². The second-order valence-corrected chi connectivity index (χ2v) is 5.13. The van der Waals surface area contributed by atoms with Crippen LogP contribution in [0.15, 0.2) is 47.6 Å². The average molecular weight is 344 g/mol. The number of ether oxygens (including phenoxy) is 3. The third-order valence-electron chi connectivity index (χ3n) is 3.34. The van der Waals surface area contributed by atoms with Crippen LogP contribution in [0.3, 0.4) is 0 Å². The van der Waals surface area contributed by atoms with E-state index in [1.807, 2.05) is 36.4 Å². The van der Waals surface area contributed by atoms with Crippen LogP contribution in [0.5, 0.6) is 17.4 Å². The molecule has 25 heavy (non-hydrogen) atoms. The zero-order chi connectivity index (χ0) is 17.9. The van der Waals surface area contributed by atoms with Gasteiger partial charge in [-0.2, -0.15) is 0 Å². The van der Waals surface area contributed by atoms with Crippen molar-refractivity contribution in [2.45, 2.75) is 6.54 Å². The maximum atomic E-state index is 5.73. The highest BCUT2D eigenvalue weighted by atomic mass is 16.5. The van der Waals surface area contributed by atoms with E-state index in [-0.39, 0.29) is 0 Å². The Kier molecular flexibility index (Phi) is 7.52. The van der Waals surface area contributed by atoms with Crippen LogP contribution in [-0.2, 0) is 11.3 Å². The topological polar surface area (TPSA) is 77.0 Å². The molecule has 0 unspecified atom stereocenters. The van der Waals surface area contributed by atoms with Crippen molar-refractivity contribution in [1.29, 1.82) is 0 Å².